The molecule has 3 aromatic rings. The number of sulfonamides is 1. The second-order valence-corrected chi connectivity index (χ2v) is 9.35. The molecule has 2 aromatic heterocycles. The van der Waals surface area contributed by atoms with Crippen molar-refractivity contribution in [2.24, 2.45) is 0 Å². The Bertz CT molecular complexity index is 1220. The number of benzene rings is 1. The molecule has 1 N–H and O–H groups in total. The van der Waals surface area contributed by atoms with E-state index in [2.05, 4.69) is 10.4 Å². The first-order valence-corrected chi connectivity index (χ1v) is 11.4. The van der Waals surface area contributed by atoms with Crippen LogP contribution in [-0.2, 0) is 16.2 Å². The van der Waals surface area contributed by atoms with Crippen LogP contribution in [0.3, 0.4) is 0 Å². The number of hydrogen-bond acceptors (Lipinski definition) is 4. The topological polar surface area (TPSA) is 89.2 Å². The summed E-state index contributed by atoms with van der Waals surface area (Å²) >= 11 is 0. The third-order valence-electron chi connectivity index (χ3n) is 5.11. The molecule has 170 valence electrons. The van der Waals surface area contributed by atoms with Gasteiger partial charge in [-0.25, -0.2) is 17.4 Å². The second-order valence-electron chi connectivity index (χ2n) is 7.26. The summed E-state index contributed by atoms with van der Waals surface area (Å²) in [4.78, 5) is 12.8. The van der Waals surface area contributed by atoms with Gasteiger partial charge in [0.2, 0.25) is 10.0 Å². The SMILES string of the molecule is O=C(NCCN1CCCS1(=O)=O)c1cnn(-c2cccc(C(F)(F)F)c2)c1-n1cccc1. The highest BCUT2D eigenvalue weighted by atomic mass is 32.2. The molecule has 1 aromatic carbocycles. The van der Waals surface area contributed by atoms with Crippen molar-refractivity contribution in [3.8, 4) is 11.5 Å². The summed E-state index contributed by atoms with van der Waals surface area (Å²) in [5.41, 5.74) is -0.546. The summed E-state index contributed by atoms with van der Waals surface area (Å²) in [5, 5.41) is 6.83. The molecule has 0 aliphatic carbocycles. The van der Waals surface area contributed by atoms with Crippen molar-refractivity contribution < 1.29 is 26.4 Å². The van der Waals surface area contributed by atoms with Gasteiger partial charge in [-0.1, -0.05) is 6.07 Å². The van der Waals surface area contributed by atoms with E-state index in [-0.39, 0.29) is 35.9 Å². The van der Waals surface area contributed by atoms with E-state index >= 15 is 0 Å². The van der Waals surface area contributed by atoms with Crippen LogP contribution in [0, 0.1) is 0 Å². The van der Waals surface area contributed by atoms with Crippen LogP contribution in [0.15, 0.2) is 55.0 Å². The number of carbonyl (C=O) groups is 1. The molecule has 32 heavy (non-hydrogen) atoms. The van der Waals surface area contributed by atoms with Crippen molar-refractivity contribution in [1.82, 2.24) is 24.0 Å². The van der Waals surface area contributed by atoms with E-state index in [9.17, 15) is 26.4 Å². The van der Waals surface area contributed by atoms with Gasteiger partial charge in [0.25, 0.3) is 5.91 Å². The molecular formula is C20H20F3N5O3S. The maximum Gasteiger partial charge on any atom is 0.416 e. The Morgan fingerprint density at radius 1 is 1.16 bits per heavy atom. The van der Waals surface area contributed by atoms with E-state index in [0.29, 0.717) is 13.0 Å². The maximum absolute atomic E-state index is 13.2. The minimum absolute atomic E-state index is 0.0952. The molecule has 3 heterocycles. The summed E-state index contributed by atoms with van der Waals surface area (Å²) in [6.45, 7) is 0.660. The summed E-state index contributed by atoms with van der Waals surface area (Å²) in [7, 11) is -3.27. The minimum Gasteiger partial charge on any atom is -0.351 e. The molecule has 0 radical (unpaired) electrons. The molecule has 1 aliphatic heterocycles. The summed E-state index contributed by atoms with van der Waals surface area (Å²) in [5.74, 6) is -0.146. The van der Waals surface area contributed by atoms with Crippen LogP contribution < -0.4 is 5.32 Å². The van der Waals surface area contributed by atoms with Crippen molar-refractivity contribution in [1.29, 1.82) is 0 Å². The molecule has 0 saturated carbocycles. The number of alkyl halides is 3. The highest BCUT2D eigenvalue weighted by Gasteiger charge is 2.31. The Hall–Kier alpha value is -3.12. The standard InChI is InChI=1S/C20H20F3N5O3S/c21-20(22,23)15-5-3-6-16(13-15)28-19(26-8-1-2-9-26)17(14-25-28)18(29)24-7-11-27-10-4-12-32(27,30)31/h1-3,5-6,8-9,13-14H,4,7,10-12H2,(H,24,29). The first-order valence-electron chi connectivity index (χ1n) is 9.82. The van der Waals surface area contributed by atoms with Crippen LogP contribution in [0.5, 0.6) is 0 Å². The van der Waals surface area contributed by atoms with Gasteiger partial charge in [0.05, 0.1) is 23.2 Å². The van der Waals surface area contributed by atoms with Gasteiger partial charge in [-0.05, 0) is 36.8 Å². The summed E-state index contributed by atoms with van der Waals surface area (Å²) in [6.07, 6.45) is 0.603. The van der Waals surface area contributed by atoms with Gasteiger partial charge in [-0.3, -0.25) is 4.79 Å². The predicted molar refractivity (Wildman–Crippen MR) is 110 cm³/mol. The molecule has 12 heteroatoms. The zero-order valence-electron chi connectivity index (χ0n) is 16.8. The predicted octanol–water partition coefficient (Wildman–Crippen LogP) is 2.45. The average Bonchev–Trinajstić information content (AvgIpc) is 3.47. The van der Waals surface area contributed by atoms with E-state index in [1.807, 2.05) is 0 Å². The number of carbonyl (C=O) groups excluding carboxylic acids is 1. The second kappa shape index (κ2) is 8.43. The van der Waals surface area contributed by atoms with Gasteiger partial charge in [-0.2, -0.15) is 18.3 Å². The fourth-order valence-corrected chi connectivity index (χ4v) is 5.09. The third kappa shape index (κ3) is 4.41. The van der Waals surface area contributed by atoms with Crippen LogP contribution >= 0.6 is 0 Å². The number of halogens is 3. The van der Waals surface area contributed by atoms with Crippen molar-refractivity contribution in [3.05, 3.63) is 66.1 Å². The lowest BCUT2D eigenvalue weighted by molar-refractivity contribution is -0.137. The highest BCUT2D eigenvalue weighted by Crippen LogP contribution is 2.31. The zero-order valence-corrected chi connectivity index (χ0v) is 17.6. The Morgan fingerprint density at radius 2 is 1.91 bits per heavy atom. The molecule has 1 fully saturated rings. The quantitative estimate of drug-likeness (QED) is 0.603. The molecule has 4 rings (SSSR count). The molecule has 0 bridgehead atoms. The van der Waals surface area contributed by atoms with Crippen molar-refractivity contribution in [2.45, 2.75) is 12.6 Å². The molecular weight excluding hydrogens is 447 g/mol. The molecule has 0 spiro atoms. The monoisotopic (exact) mass is 467 g/mol. The number of amides is 1. The van der Waals surface area contributed by atoms with E-state index in [0.717, 1.165) is 12.1 Å². The lowest BCUT2D eigenvalue weighted by atomic mass is 10.2. The molecule has 0 unspecified atom stereocenters. The first-order chi connectivity index (χ1) is 15.2. The van der Waals surface area contributed by atoms with Gasteiger partial charge >= 0.3 is 6.18 Å². The summed E-state index contributed by atoms with van der Waals surface area (Å²) < 4.78 is 67.4. The van der Waals surface area contributed by atoms with Crippen LogP contribution in [0.2, 0.25) is 0 Å². The van der Waals surface area contributed by atoms with Crippen LogP contribution in [-0.4, -0.2) is 58.4 Å². The number of rotatable bonds is 6. The van der Waals surface area contributed by atoms with Gasteiger partial charge in [0, 0.05) is 32.0 Å². The number of hydrogen-bond donors (Lipinski definition) is 1. The lowest BCUT2D eigenvalue weighted by Crippen LogP contribution is -2.36. The van der Waals surface area contributed by atoms with Crippen molar-refractivity contribution in [2.75, 3.05) is 25.4 Å². The van der Waals surface area contributed by atoms with Gasteiger partial charge in [-0.15, -0.1) is 0 Å². The van der Waals surface area contributed by atoms with E-state index in [1.165, 1.54) is 27.3 Å². The maximum atomic E-state index is 13.2. The fraction of sp³-hybridized carbons (Fsp3) is 0.300. The molecule has 1 amide bonds. The normalized spacial score (nSPS) is 16.3. The van der Waals surface area contributed by atoms with Crippen LogP contribution in [0.1, 0.15) is 22.3 Å². The molecule has 8 nitrogen and oxygen atoms in total. The molecule has 1 aliphatic rings. The molecule has 1 saturated heterocycles. The van der Waals surface area contributed by atoms with Crippen LogP contribution in [0.25, 0.3) is 11.5 Å². The number of aromatic nitrogens is 3. The Morgan fingerprint density at radius 3 is 2.56 bits per heavy atom. The van der Waals surface area contributed by atoms with E-state index < -0.39 is 27.7 Å². The average molecular weight is 467 g/mol. The number of nitrogens with zero attached hydrogens (tertiary/aromatic N) is 4. The Kier molecular flexibility index (Phi) is 5.82. The van der Waals surface area contributed by atoms with Crippen LogP contribution in [0.4, 0.5) is 13.2 Å². The van der Waals surface area contributed by atoms with Crippen molar-refractivity contribution >= 4 is 15.9 Å². The number of nitrogens with one attached hydrogen (secondary N) is 1. The fourth-order valence-electron chi connectivity index (χ4n) is 3.56. The zero-order chi connectivity index (χ0) is 22.9. The van der Waals surface area contributed by atoms with Gasteiger partial charge in [0.1, 0.15) is 5.56 Å². The van der Waals surface area contributed by atoms with Gasteiger partial charge in [0.15, 0.2) is 5.82 Å². The smallest absolute Gasteiger partial charge is 0.351 e. The van der Waals surface area contributed by atoms with E-state index in [4.69, 9.17) is 0 Å². The van der Waals surface area contributed by atoms with Gasteiger partial charge < -0.3 is 9.88 Å². The highest BCUT2D eigenvalue weighted by molar-refractivity contribution is 7.89. The van der Waals surface area contributed by atoms with Crippen molar-refractivity contribution in [3.63, 3.8) is 0 Å². The lowest BCUT2D eigenvalue weighted by Gasteiger charge is -2.15. The Labute approximate surface area is 182 Å². The molecule has 0 atom stereocenters. The largest absolute Gasteiger partial charge is 0.416 e. The third-order valence-corrected chi connectivity index (χ3v) is 7.06. The summed E-state index contributed by atoms with van der Waals surface area (Å²) in [6, 6.07) is 8.08. The minimum atomic E-state index is -4.52. The van der Waals surface area contributed by atoms with E-state index in [1.54, 1.807) is 29.1 Å². The Balaban J connectivity index is 1.61. The first kappa shape index (κ1) is 22.1.